The molecule has 0 saturated carbocycles. The maximum Gasteiger partial charge on any atom is 0.416 e. The summed E-state index contributed by atoms with van der Waals surface area (Å²) in [7, 11) is 0. The molecule has 1 fully saturated rings. The van der Waals surface area contributed by atoms with Gasteiger partial charge in [-0.1, -0.05) is 23.7 Å². The van der Waals surface area contributed by atoms with Gasteiger partial charge in [0.25, 0.3) is 11.8 Å². The molecule has 1 aliphatic heterocycles. The second-order valence-electron chi connectivity index (χ2n) is 8.05. The van der Waals surface area contributed by atoms with Gasteiger partial charge in [-0.25, -0.2) is 0 Å². The number of amides is 2. The van der Waals surface area contributed by atoms with Gasteiger partial charge in [-0.05, 0) is 86.6 Å². The van der Waals surface area contributed by atoms with Gasteiger partial charge in [-0.2, -0.15) is 13.2 Å². The molecule has 3 aromatic rings. The Kier molecular flexibility index (Phi) is 6.33. The Balaban J connectivity index is 1.78. The molecule has 0 atom stereocenters. The molecule has 10 heteroatoms. The van der Waals surface area contributed by atoms with Crippen LogP contribution < -0.4 is 10.2 Å². The topological polar surface area (TPSA) is 54.3 Å². The first-order chi connectivity index (χ1) is 16.4. The number of rotatable bonds is 3. The average molecular weight is 518 g/mol. The Morgan fingerprint density at radius 3 is 2.40 bits per heavy atom. The average Bonchev–Trinajstić information content (AvgIpc) is 3.05. The number of nitrogens with zero attached hydrogens (tertiary/aromatic N) is 2. The number of hydrogen-bond acceptors (Lipinski definition) is 3. The van der Waals surface area contributed by atoms with Gasteiger partial charge >= 0.3 is 6.18 Å². The summed E-state index contributed by atoms with van der Waals surface area (Å²) < 4.78 is 41.6. The van der Waals surface area contributed by atoms with Gasteiger partial charge in [0.05, 0.1) is 11.3 Å². The van der Waals surface area contributed by atoms with Crippen molar-refractivity contribution in [2.24, 2.45) is 0 Å². The SMILES string of the molecule is Cc1c(Cl)cccc1-n1c(C)cc(/C=C2\C(=O)NC(=S)N(c3cccc(C(F)(F)F)c3)C2=O)c1C. The van der Waals surface area contributed by atoms with Crippen LogP contribution in [0, 0.1) is 20.8 Å². The van der Waals surface area contributed by atoms with Crippen molar-refractivity contribution in [3.63, 3.8) is 0 Å². The van der Waals surface area contributed by atoms with Crippen LogP contribution in [0.2, 0.25) is 5.02 Å². The molecule has 2 aromatic carbocycles. The van der Waals surface area contributed by atoms with Crippen molar-refractivity contribution in [1.82, 2.24) is 9.88 Å². The number of carbonyl (C=O) groups excluding carboxylic acids is 2. The Hall–Kier alpha value is -3.43. The van der Waals surface area contributed by atoms with Gasteiger partial charge < -0.3 is 4.57 Å². The normalized spacial score (nSPS) is 15.7. The molecule has 1 aromatic heterocycles. The van der Waals surface area contributed by atoms with Gasteiger partial charge in [0.2, 0.25) is 0 Å². The van der Waals surface area contributed by atoms with Gasteiger partial charge in [0.15, 0.2) is 5.11 Å². The molecule has 0 bridgehead atoms. The summed E-state index contributed by atoms with van der Waals surface area (Å²) in [5, 5.41) is 2.70. The monoisotopic (exact) mass is 517 g/mol. The zero-order valence-electron chi connectivity index (χ0n) is 18.8. The van der Waals surface area contributed by atoms with E-state index in [1.807, 2.05) is 43.5 Å². The van der Waals surface area contributed by atoms with E-state index in [0.29, 0.717) is 10.6 Å². The minimum absolute atomic E-state index is 0.0965. The minimum Gasteiger partial charge on any atom is -0.318 e. The van der Waals surface area contributed by atoms with Crippen molar-refractivity contribution in [1.29, 1.82) is 0 Å². The first kappa shape index (κ1) is 24.7. The van der Waals surface area contributed by atoms with Gasteiger partial charge in [0, 0.05) is 22.1 Å². The van der Waals surface area contributed by atoms with Crippen LogP contribution in [0.4, 0.5) is 18.9 Å². The molecular weight excluding hydrogens is 499 g/mol. The van der Waals surface area contributed by atoms with Crippen LogP contribution in [0.25, 0.3) is 11.8 Å². The Labute approximate surface area is 209 Å². The van der Waals surface area contributed by atoms with E-state index in [4.69, 9.17) is 23.8 Å². The third-order valence-electron chi connectivity index (χ3n) is 5.78. The third kappa shape index (κ3) is 4.49. The van der Waals surface area contributed by atoms with E-state index in [9.17, 15) is 22.8 Å². The lowest BCUT2D eigenvalue weighted by molar-refractivity contribution is -0.137. The molecule has 0 aliphatic carbocycles. The number of nitrogens with one attached hydrogen (secondary N) is 1. The number of alkyl halides is 3. The molecular formula is C25H19ClF3N3O2S. The number of aryl methyl sites for hydroxylation is 1. The molecule has 2 heterocycles. The molecule has 1 aliphatic rings. The first-order valence-corrected chi connectivity index (χ1v) is 11.2. The molecule has 2 amide bonds. The highest BCUT2D eigenvalue weighted by Crippen LogP contribution is 2.33. The van der Waals surface area contributed by atoms with Crippen molar-refractivity contribution in [3.05, 3.63) is 87.2 Å². The summed E-state index contributed by atoms with van der Waals surface area (Å²) in [5.41, 5.74) is 2.62. The molecule has 1 N–H and O–H groups in total. The lowest BCUT2D eigenvalue weighted by Crippen LogP contribution is -2.54. The van der Waals surface area contributed by atoms with Crippen molar-refractivity contribution in [2.75, 3.05) is 4.90 Å². The summed E-state index contributed by atoms with van der Waals surface area (Å²) in [6, 6.07) is 11.5. The highest BCUT2D eigenvalue weighted by Gasteiger charge is 2.37. The molecule has 0 radical (unpaired) electrons. The van der Waals surface area contributed by atoms with Crippen LogP contribution in [0.1, 0.15) is 28.1 Å². The van der Waals surface area contributed by atoms with Crippen LogP contribution in [-0.2, 0) is 15.8 Å². The predicted molar refractivity (Wildman–Crippen MR) is 133 cm³/mol. The molecule has 5 nitrogen and oxygen atoms in total. The number of benzene rings is 2. The van der Waals surface area contributed by atoms with Crippen LogP contribution in [0.15, 0.2) is 54.1 Å². The van der Waals surface area contributed by atoms with Crippen molar-refractivity contribution < 1.29 is 22.8 Å². The van der Waals surface area contributed by atoms with Crippen molar-refractivity contribution in [3.8, 4) is 5.69 Å². The predicted octanol–water partition coefficient (Wildman–Crippen LogP) is 5.91. The molecule has 180 valence electrons. The number of hydrogen-bond donors (Lipinski definition) is 1. The third-order valence-corrected chi connectivity index (χ3v) is 6.48. The van der Waals surface area contributed by atoms with E-state index in [1.165, 1.54) is 18.2 Å². The van der Waals surface area contributed by atoms with Gasteiger partial charge in [-0.3, -0.25) is 19.8 Å². The van der Waals surface area contributed by atoms with E-state index in [0.717, 1.165) is 39.7 Å². The van der Waals surface area contributed by atoms with Gasteiger partial charge in [-0.15, -0.1) is 0 Å². The van der Waals surface area contributed by atoms with Crippen LogP contribution >= 0.6 is 23.8 Å². The summed E-state index contributed by atoms with van der Waals surface area (Å²) in [4.78, 5) is 26.9. The highest BCUT2D eigenvalue weighted by molar-refractivity contribution is 7.80. The molecule has 1 saturated heterocycles. The van der Waals surface area contributed by atoms with E-state index in [-0.39, 0.29) is 16.4 Å². The largest absolute Gasteiger partial charge is 0.416 e. The summed E-state index contributed by atoms with van der Waals surface area (Å²) in [6.07, 6.45) is -3.19. The zero-order valence-corrected chi connectivity index (χ0v) is 20.4. The summed E-state index contributed by atoms with van der Waals surface area (Å²) >= 11 is 11.4. The van der Waals surface area contributed by atoms with Crippen LogP contribution in [-0.4, -0.2) is 21.5 Å². The number of thiocarbonyl (C=S) groups is 1. The first-order valence-electron chi connectivity index (χ1n) is 10.4. The van der Waals surface area contributed by atoms with Crippen LogP contribution in [0.3, 0.4) is 0 Å². The fraction of sp³-hybridized carbons (Fsp3) is 0.160. The second-order valence-corrected chi connectivity index (χ2v) is 8.85. The number of anilines is 1. The van der Waals surface area contributed by atoms with Crippen molar-refractivity contribution in [2.45, 2.75) is 26.9 Å². The zero-order chi connectivity index (χ0) is 25.7. The molecule has 35 heavy (non-hydrogen) atoms. The maximum absolute atomic E-state index is 13.3. The maximum atomic E-state index is 13.3. The number of carbonyl (C=O) groups is 2. The van der Waals surface area contributed by atoms with Gasteiger partial charge in [0.1, 0.15) is 5.57 Å². The Morgan fingerprint density at radius 1 is 1.03 bits per heavy atom. The van der Waals surface area contributed by atoms with Crippen LogP contribution in [0.5, 0.6) is 0 Å². The quantitative estimate of drug-likeness (QED) is 0.267. The van der Waals surface area contributed by atoms with E-state index < -0.39 is 23.6 Å². The number of aromatic nitrogens is 1. The highest BCUT2D eigenvalue weighted by atomic mass is 35.5. The van der Waals surface area contributed by atoms with E-state index in [2.05, 4.69) is 5.32 Å². The smallest absolute Gasteiger partial charge is 0.318 e. The molecule has 4 rings (SSSR count). The van der Waals surface area contributed by atoms with E-state index in [1.54, 1.807) is 6.07 Å². The summed E-state index contributed by atoms with van der Waals surface area (Å²) in [5.74, 6) is -1.55. The minimum atomic E-state index is -4.60. The van der Waals surface area contributed by atoms with E-state index >= 15 is 0 Å². The Morgan fingerprint density at radius 2 is 1.71 bits per heavy atom. The number of halogens is 4. The van der Waals surface area contributed by atoms with Crippen molar-refractivity contribution >= 4 is 52.5 Å². The lowest BCUT2D eigenvalue weighted by atomic mass is 10.1. The molecule has 0 unspecified atom stereocenters. The lowest BCUT2D eigenvalue weighted by Gasteiger charge is -2.29. The summed E-state index contributed by atoms with van der Waals surface area (Å²) in [6.45, 7) is 5.60. The molecule has 0 spiro atoms. The fourth-order valence-corrected chi connectivity index (χ4v) is 4.46. The Bertz CT molecular complexity index is 1430. The fourth-order valence-electron chi connectivity index (χ4n) is 4.01. The second kappa shape index (κ2) is 8.98. The standard InChI is InChI=1S/C25H19ClF3N3O2S/c1-13-10-16(15(3)31(13)21-9-5-8-20(26)14(21)2)11-19-22(33)30-24(35)32(23(19)34)18-7-4-6-17(12-18)25(27,28)29/h4-12H,1-3H3,(H,30,33,35)/b19-11+.